The Hall–Kier alpha value is -2.51. The fourth-order valence-electron chi connectivity index (χ4n) is 3.12. The smallest absolute Gasteiger partial charge is 0.215 e. The molecule has 0 aliphatic carbocycles. The Morgan fingerprint density at radius 3 is 2.73 bits per heavy atom. The number of hydrogen-bond donors (Lipinski definition) is 2. The molecule has 0 unspecified atom stereocenters. The van der Waals surface area contributed by atoms with E-state index in [1.807, 2.05) is 6.07 Å². The molecule has 3 N–H and O–H groups in total. The molecular weight excluding hydrogens is 357 g/mol. The van der Waals surface area contributed by atoms with Crippen molar-refractivity contribution in [1.29, 1.82) is 0 Å². The largest absolute Gasteiger partial charge is 0.435 e. The monoisotopic (exact) mass is 375 g/mol. The summed E-state index contributed by atoms with van der Waals surface area (Å²) in [4.78, 5) is 8.98. The zero-order valence-corrected chi connectivity index (χ0v) is 15.1. The van der Waals surface area contributed by atoms with Gasteiger partial charge in [0, 0.05) is 38.1 Å². The minimum atomic E-state index is -0.469. The van der Waals surface area contributed by atoms with Crippen molar-refractivity contribution in [3.8, 4) is 0 Å². The van der Waals surface area contributed by atoms with Gasteiger partial charge in [0.2, 0.25) is 5.88 Å². The maximum absolute atomic E-state index is 13.4. The third-order valence-electron chi connectivity index (χ3n) is 4.61. The maximum atomic E-state index is 13.4. The molecule has 4 rings (SSSR count). The van der Waals surface area contributed by atoms with Gasteiger partial charge in [0.05, 0.1) is 10.4 Å². The molecule has 136 valence electrons. The molecule has 26 heavy (non-hydrogen) atoms. The number of halogens is 2. The van der Waals surface area contributed by atoms with E-state index in [0.29, 0.717) is 17.0 Å². The van der Waals surface area contributed by atoms with Gasteiger partial charge < -0.3 is 25.3 Å². The van der Waals surface area contributed by atoms with Gasteiger partial charge in [0.15, 0.2) is 11.4 Å². The number of nitrogens with two attached hydrogens (primary N) is 1. The lowest BCUT2D eigenvalue weighted by Gasteiger charge is -2.33. The zero-order chi connectivity index (χ0) is 18.3. The molecule has 0 bridgehead atoms. The van der Waals surface area contributed by atoms with E-state index in [0.717, 1.165) is 37.4 Å². The van der Waals surface area contributed by atoms with Crippen LogP contribution in [0.25, 0.3) is 11.0 Å². The fourth-order valence-corrected chi connectivity index (χ4v) is 3.30. The van der Waals surface area contributed by atoms with Crippen LogP contribution in [0.2, 0.25) is 5.02 Å². The molecule has 1 aliphatic heterocycles. The second-order valence-electron chi connectivity index (χ2n) is 6.40. The van der Waals surface area contributed by atoms with E-state index in [-0.39, 0.29) is 10.9 Å². The first kappa shape index (κ1) is 16.9. The Morgan fingerprint density at radius 2 is 2.00 bits per heavy atom. The average molecular weight is 376 g/mol. The van der Waals surface area contributed by atoms with E-state index in [1.165, 1.54) is 12.1 Å². The highest BCUT2D eigenvalue weighted by Gasteiger charge is 2.22. The first-order valence-corrected chi connectivity index (χ1v) is 8.73. The van der Waals surface area contributed by atoms with E-state index >= 15 is 0 Å². The number of benzene rings is 1. The lowest BCUT2D eigenvalue weighted by atomic mass is 10.2. The number of hydrogen-bond acceptors (Lipinski definition) is 6. The van der Waals surface area contributed by atoms with Crippen LogP contribution in [0, 0.1) is 5.82 Å². The third-order valence-corrected chi connectivity index (χ3v) is 4.89. The molecule has 0 atom stereocenters. The number of nitrogen functional groups attached to an aromatic ring is 1. The molecule has 1 aliphatic rings. The van der Waals surface area contributed by atoms with E-state index in [4.69, 9.17) is 21.8 Å². The predicted molar refractivity (Wildman–Crippen MR) is 103 cm³/mol. The van der Waals surface area contributed by atoms with Crippen LogP contribution in [0.3, 0.4) is 0 Å². The summed E-state index contributed by atoms with van der Waals surface area (Å²) < 4.78 is 19.2. The standard InChI is InChI=1S/C18H19ClFN5O/c1-24-6-8-25(9-7-24)18-16-12(4-5-22-18)15(17(21)26-16)23-11-2-3-14(20)13(19)10-11/h2-5,10,23H,6-9,21H2,1H3. The summed E-state index contributed by atoms with van der Waals surface area (Å²) in [5.74, 6) is 0.570. The number of pyridine rings is 1. The summed E-state index contributed by atoms with van der Waals surface area (Å²) in [6.45, 7) is 3.68. The molecule has 1 fully saturated rings. The highest BCUT2D eigenvalue weighted by atomic mass is 35.5. The molecule has 1 aromatic carbocycles. The number of nitrogens with one attached hydrogen (secondary N) is 1. The molecule has 8 heteroatoms. The first-order chi connectivity index (χ1) is 12.5. The van der Waals surface area contributed by atoms with E-state index in [9.17, 15) is 4.39 Å². The second-order valence-corrected chi connectivity index (χ2v) is 6.80. The molecule has 1 saturated heterocycles. The van der Waals surface area contributed by atoms with Crippen molar-refractivity contribution in [3.05, 3.63) is 41.3 Å². The maximum Gasteiger partial charge on any atom is 0.215 e. The zero-order valence-electron chi connectivity index (χ0n) is 14.3. The average Bonchev–Trinajstić information content (AvgIpc) is 2.95. The van der Waals surface area contributed by atoms with E-state index in [2.05, 4.69) is 27.1 Å². The molecule has 3 heterocycles. The predicted octanol–water partition coefficient (Wildman–Crippen LogP) is 3.70. The molecule has 2 aromatic heterocycles. The van der Waals surface area contributed by atoms with Gasteiger partial charge in [-0.05, 0) is 31.3 Å². The van der Waals surface area contributed by atoms with Crippen LogP contribution in [0.1, 0.15) is 0 Å². The van der Waals surface area contributed by atoms with Crippen molar-refractivity contribution in [2.24, 2.45) is 0 Å². The van der Waals surface area contributed by atoms with Gasteiger partial charge >= 0.3 is 0 Å². The van der Waals surface area contributed by atoms with Gasteiger partial charge in [-0.25, -0.2) is 9.37 Å². The molecular formula is C18H19ClFN5O. The minimum Gasteiger partial charge on any atom is -0.435 e. The van der Waals surface area contributed by atoms with Crippen LogP contribution in [-0.2, 0) is 0 Å². The molecule has 0 radical (unpaired) electrons. The second kappa shape index (κ2) is 6.66. The number of rotatable bonds is 3. The molecule has 0 amide bonds. The van der Waals surface area contributed by atoms with Crippen molar-refractivity contribution >= 4 is 45.6 Å². The summed E-state index contributed by atoms with van der Waals surface area (Å²) in [5, 5.41) is 4.04. The van der Waals surface area contributed by atoms with Gasteiger partial charge in [-0.1, -0.05) is 11.6 Å². The van der Waals surface area contributed by atoms with Gasteiger partial charge in [-0.2, -0.15) is 0 Å². The molecule has 0 saturated carbocycles. The van der Waals surface area contributed by atoms with Crippen LogP contribution < -0.4 is 16.0 Å². The van der Waals surface area contributed by atoms with Crippen LogP contribution >= 0.6 is 11.6 Å². The molecule has 6 nitrogen and oxygen atoms in total. The van der Waals surface area contributed by atoms with E-state index in [1.54, 1.807) is 12.3 Å². The number of aromatic nitrogens is 1. The van der Waals surface area contributed by atoms with Crippen molar-refractivity contribution < 1.29 is 8.81 Å². The van der Waals surface area contributed by atoms with Gasteiger partial charge in [0.25, 0.3) is 0 Å². The fraction of sp³-hybridized carbons (Fsp3) is 0.278. The summed E-state index contributed by atoms with van der Waals surface area (Å²) in [6.07, 6.45) is 1.74. The topological polar surface area (TPSA) is 70.6 Å². The Balaban J connectivity index is 1.71. The summed E-state index contributed by atoms with van der Waals surface area (Å²) >= 11 is 5.86. The normalized spacial score (nSPS) is 15.6. The third kappa shape index (κ3) is 3.04. The van der Waals surface area contributed by atoms with Crippen molar-refractivity contribution in [1.82, 2.24) is 9.88 Å². The van der Waals surface area contributed by atoms with Crippen LogP contribution in [0.4, 0.5) is 27.5 Å². The Labute approximate surface area is 155 Å². The van der Waals surface area contributed by atoms with E-state index < -0.39 is 5.82 Å². The van der Waals surface area contributed by atoms with Crippen LogP contribution in [0.15, 0.2) is 34.9 Å². The van der Waals surface area contributed by atoms with Gasteiger partial charge in [-0.15, -0.1) is 0 Å². The highest BCUT2D eigenvalue weighted by Crippen LogP contribution is 2.39. The van der Waals surface area contributed by atoms with Crippen molar-refractivity contribution in [2.45, 2.75) is 0 Å². The summed E-state index contributed by atoms with van der Waals surface area (Å²) in [5.41, 5.74) is 8.00. The number of likely N-dealkylation sites (N-methyl/N-ethyl adjacent to an activating group) is 1. The molecule has 3 aromatic rings. The SMILES string of the molecule is CN1CCN(c2nccc3c(Nc4ccc(F)c(Cl)c4)c(N)oc23)CC1. The lowest BCUT2D eigenvalue weighted by molar-refractivity contribution is 0.312. The van der Waals surface area contributed by atoms with Crippen molar-refractivity contribution in [2.75, 3.05) is 49.2 Å². The number of nitrogens with zero attached hydrogens (tertiary/aromatic N) is 3. The number of furan rings is 1. The first-order valence-electron chi connectivity index (χ1n) is 8.35. The number of piperazine rings is 1. The van der Waals surface area contributed by atoms with Crippen molar-refractivity contribution in [3.63, 3.8) is 0 Å². The van der Waals surface area contributed by atoms with Gasteiger partial charge in [0.1, 0.15) is 11.5 Å². The van der Waals surface area contributed by atoms with Crippen LogP contribution in [-0.4, -0.2) is 43.1 Å². The Morgan fingerprint density at radius 1 is 1.23 bits per heavy atom. The summed E-state index contributed by atoms with van der Waals surface area (Å²) in [6, 6.07) is 6.27. The van der Waals surface area contributed by atoms with Gasteiger partial charge in [-0.3, -0.25) is 0 Å². The Kier molecular flexibility index (Phi) is 4.34. The minimum absolute atomic E-state index is 0.0427. The lowest BCUT2D eigenvalue weighted by Crippen LogP contribution is -2.44. The number of anilines is 4. The highest BCUT2D eigenvalue weighted by molar-refractivity contribution is 6.31. The number of fused-ring (bicyclic) bond motifs is 1. The molecule has 0 spiro atoms. The summed E-state index contributed by atoms with van der Waals surface area (Å²) in [7, 11) is 2.10. The quantitative estimate of drug-likeness (QED) is 0.727. The Bertz CT molecular complexity index is 952. The van der Waals surface area contributed by atoms with Crippen LogP contribution in [0.5, 0.6) is 0 Å².